The Morgan fingerprint density at radius 2 is 1.79 bits per heavy atom. The van der Waals surface area contributed by atoms with Gasteiger partial charge >= 0.3 is 0 Å². The number of aromatic nitrogens is 5. The van der Waals surface area contributed by atoms with Crippen LogP contribution in [0.1, 0.15) is 23.9 Å². The fraction of sp³-hybridized carbons (Fsp3) is 0.154. The molecular formula is C26H24FN7. The Hall–Kier alpha value is -4.17. The molecule has 0 radical (unpaired) electrons. The summed E-state index contributed by atoms with van der Waals surface area (Å²) in [6, 6.07) is 10.4. The zero-order valence-electron chi connectivity index (χ0n) is 18.7. The van der Waals surface area contributed by atoms with Crippen molar-refractivity contribution in [1.29, 1.82) is 0 Å². The maximum atomic E-state index is 13.4. The summed E-state index contributed by atoms with van der Waals surface area (Å²) in [4.78, 5) is 21.4. The van der Waals surface area contributed by atoms with Gasteiger partial charge in [-0.2, -0.15) is 0 Å². The van der Waals surface area contributed by atoms with E-state index in [4.69, 9.17) is 10.7 Å². The number of nitrogens with one attached hydrogen (secondary N) is 2. The molecular weight excluding hydrogens is 429 g/mol. The third-order valence-corrected chi connectivity index (χ3v) is 5.65. The second kappa shape index (κ2) is 9.36. The number of imidazole rings is 1. The first-order chi connectivity index (χ1) is 16.6. The van der Waals surface area contributed by atoms with Crippen molar-refractivity contribution >= 4 is 16.7 Å². The van der Waals surface area contributed by atoms with Crippen molar-refractivity contribution in [3.8, 4) is 22.4 Å². The molecule has 5 aromatic rings. The number of H-pyrrole nitrogens is 1. The first-order valence-corrected chi connectivity index (χ1v) is 11.1. The molecule has 0 bridgehead atoms. The van der Waals surface area contributed by atoms with Crippen LogP contribution in [0.15, 0.2) is 67.4 Å². The summed E-state index contributed by atoms with van der Waals surface area (Å²) in [6.45, 7) is 3.72. The fourth-order valence-corrected chi connectivity index (χ4v) is 3.90. The molecule has 1 aromatic carbocycles. The second-order valence-corrected chi connectivity index (χ2v) is 8.08. The fourth-order valence-electron chi connectivity index (χ4n) is 3.90. The average molecular weight is 454 g/mol. The second-order valence-electron chi connectivity index (χ2n) is 8.08. The third kappa shape index (κ3) is 4.49. The molecule has 0 aliphatic carbocycles. The summed E-state index contributed by atoms with van der Waals surface area (Å²) < 4.78 is 13.4. The van der Waals surface area contributed by atoms with Gasteiger partial charge < -0.3 is 16.0 Å². The number of fused-ring (bicyclic) bond motifs is 1. The molecule has 0 spiro atoms. The van der Waals surface area contributed by atoms with Gasteiger partial charge in [-0.3, -0.25) is 15.0 Å². The van der Waals surface area contributed by atoms with Gasteiger partial charge in [0.15, 0.2) is 0 Å². The summed E-state index contributed by atoms with van der Waals surface area (Å²) in [5.74, 6) is 0.479. The van der Waals surface area contributed by atoms with E-state index in [2.05, 4.69) is 38.2 Å². The van der Waals surface area contributed by atoms with E-state index in [1.54, 1.807) is 36.9 Å². The van der Waals surface area contributed by atoms with Gasteiger partial charge in [0.05, 0.1) is 34.8 Å². The van der Waals surface area contributed by atoms with Crippen molar-refractivity contribution in [1.82, 2.24) is 30.2 Å². The average Bonchev–Trinajstić information content (AvgIpc) is 3.27. The van der Waals surface area contributed by atoms with Crippen LogP contribution < -0.4 is 11.1 Å². The highest BCUT2D eigenvalue weighted by atomic mass is 19.1. The van der Waals surface area contributed by atoms with E-state index in [-0.39, 0.29) is 5.82 Å². The molecule has 0 amide bonds. The Labute approximate surface area is 196 Å². The lowest BCUT2D eigenvalue weighted by molar-refractivity contribution is 0.628. The largest absolute Gasteiger partial charge is 0.397 e. The van der Waals surface area contributed by atoms with Gasteiger partial charge in [-0.15, -0.1) is 0 Å². The highest BCUT2D eigenvalue weighted by Crippen LogP contribution is 2.28. The van der Waals surface area contributed by atoms with Gasteiger partial charge in [0, 0.05) is 42.7 Å². The molecule has 0 fully saturated rings. The summed E-state index contributed by atoms with van der Waals surface area (Å²) in [7, 11) is 0. The summed E-state index contributed by atoms with van der Waals surface area (Å²) in [5, 5.41) is 3.31. The topological polar surface area (TPSA) is 105 Å². The molecule has 170 valence electrons. The van der Waals surface area contributed by atoms with Gasteiger partial charge in [-0.1, -0.05) is 19.1 Å². The van der Waals surface area contributed by atoms with E-state index < -0.39 is 0 Å². The predicted molar refractivity (Wildman–Crippen MR) is 131 cm³/mol. The number of nitrogen functional groups attached to an aromatic ring is 1. The van der Waals surface area contributed by atoms with E-state index >= 15 is 0 Å². The highest BCUT2D eigenvalue weighted by molar-refractivity contribution is 5.91. The molecule has 5 rings (SSSR count). The summed E-state index contributed by atoms with van der Waals surface area (Å²) >= 11 is 0. The van der Waals surface area contributed by atoms with E-state index in [0.29, 0.717) is 12.1 Å². The minimum atomic E-state index is -0.280. The summed E-state index contributed by atoms with van der Waals surface area (Å²) in [6.07, 6.45) is 9.32. The minimum Gasteiger partial charge on any atom is -0.397 e. The number of rotatable bonds is 7. The molecule has 0 aliphatic rings. The molecule has 0 aliphatic heterocycles. The normalized spacial score (nSPS) is 11.2. The molecule has 4 N–H and O–H groups in total. The minimum absolute atomic E-state index is 0.280. The van der Waals surface area contributed by atoms with E-state index in [9.17, 15) is 4.39 Å². The number of nitrogens with two attached hydrogens (primary N) is 1. The van der Waals surface area contributed by atoms with Crippen molar-refractivity contribution in [3.05, 3.63) is 90.2 Å². The van der Waals surface area contributed by atoms with E-state index in [1.165, 1.54) is 12.1 Å². The zero-order valence-corrected chi connectivity index (χ0v) is 18.7. The van der Waals surface area contributed by atoms with Crippen LogP contribution in [-0.2, 0) is 13.0 Å². The Bertz CT molecular complexity index is 1440. The number of nitrogens with zero attached hydrogens (tertiary/aromatic N) is 4. The summed E-state index contributed by atoms with van der Waals surface area (Å²) in [5.41, 5.74) is 13.9. The van der Waals surface area contributed by atoms with Crippen LogP contribution in [-0.4, -0.2) is 31.5 Å². The van der Waals surface area contributed by atoms with Gasteiger partial charge in [0.1, 0.15) is 11.6 Å². The van der Waals surface area contributed by atoms with Crippen LogP contribution in [0, 0.1) is 5.82 Å². The van der Waals surface area contributed by atoms with Crippen molar-refractivity contribution < 1.29 is 4.39 Å². The molecule has 8 heteroatoms. The van der Waals surface area contributed by atoms with Crippen molar-refractivity contribution in [2.45, 2.75) is 19.9 Å². The van der Waals surface area contributed by atoms with Gasteiger partial charge in [-0.25, -0.2) is 9.37 Å². The molecule has 34 heavy (non-hydrogen) atoms. The van der Waals surface area contributed by atoms with Crippen molar-refractivity contribution in [2.24, 2.45) is 0 Å². The van der Waals surface area contributed by atoms with Gasteiger partial charge in [0.2, 0.25) is 0 Å². The number of pyridine rings is 3. The van der Waals surface area contributed by atoms with Crippen LogP contribution in [0.25, 0.3) is 33.4 Å². The smallest absolute Gasteiger partial charge is 0.123 e. The van der Waals surface area contributed by atoms with Crippen LogP contribution >= 0.6 is 0 Å². The maximum Gasteiger partial charge on any atom is 0.123 e. The van der Waals surface area contributed by atoms with E-state index in [0.717, 1.165) is 63.5 Å². The van der Waals surface area contributed by atoms with Gasteiger partial charge in [0.25, 0.3) is 0 Å². The third-order valence-electron chi connectivity index (χ3n) is 5.65. The lowest BCUT2D eigenvalue weighted by Crippen LogP contribution is -2.11. The lowest BCUT2D eigenvalue weighted by atomic mass is 10.1. The molecule has 0 saturated heterocycles. The first kappa shape index (κ1) is 21.7. The standard InChI is InChI=1S/C26H24FN7/c1-2-29-10-16-7-19(12-30-11-16)23-8-18(22(28)14-32-23)9-25-33-24-15-31-13-21(26(24)34-25)17-3-5-20(27)6-4-17/h3-8,11-15,29H,2,9-10,28H2,1H3,(H,33,34). The molecule has 7 nitrogen and oxygen atoms in total. The lowest BCUT2D eigenvalue weighted by Gasteiger charge is -2.08. The van der Waals surface area contributed by atoms with Crippen LogP contribution in [0.4, 0.5) is 10.1 Å². The Kier molecular flexibility index (Phi) is 5.97. The quantitative estimate of drug-likeness (QED) is 0.335. The van der Waals surface area contributed by atoms with Gasteiger partial charge in [-0.05, 0) is 47.5 Å². The predicted octanol–water partition coefficient (Wildman–Crippen LogP) is 4.50. The number of benzene rings is 1. The molecule has 0 unspecified atom stereocenters. The Balaban J connectivity index is 1.46. The first-order valence-electron chi connectivity index (χ1n) is 11.1. The number of halogens is 1. The molecule has 4 heterocycles. The Morgan fingerprint density at radius 3 is 2.62 bits per heavy atom. The van der Waals surface area contributed by atoms with E-state index in [1.807, 2.05) is 12.3 Å². The Morgan fingerprint density at radius 1 is 0.971 bits per heavy atom. The number of aromatic amines is 1. The maximum absolute atomic E-state index is 13.4. The monoisotopic (exact) mass is 453 g/mol. The number of hydrogen-bond acceptors (Lipinski definition) is 6. The number of anilines is 1. The van der Waals surface area contributed by atoms with Crippen molar-refractivity contribution in [3.63, 3.8) is 0 Å². The van der Waals surface area contributed by atoms with Crippen LogP contribution in [0.3, 0.4) is 0 Å². The van der Waals surface area contributed by atoms with Crippen molar-refractivity contribution in [2.75, 3.05) is 12.3 Å². The molecule has 0 atom stereocenters. The van der Waals surface area contributed by atoms with Crippen LogP contribution in [0.5, 0.6) is 0 Å². The molecule has 0 saturated carbocycles. The van der Waals surface area contributed by atoms with Crippen LogP contribution in [0.2, 0.25) is 0 Å². The highest BCUT2D eigenvalue weighted by Gasteiger charge is 2.13. The molecule has 4 aromatic heterocycles. The number of hydrogen-bond donors (Lipinski definition) is 3. The SMILES string of the molecule is CCNCc1cncc(-c2cc(Cc3nc4c(-c5ccc(F)cc5)cncc4[nH]3)c(N)cn2)c1. The zero-order chi connectivity index (χ0) is 23.5.